The number of carbonyl (C=O) groups is 1. The number of hydrogen-bond acceptors (Lipinski definition) is 2. The lowest BCUT2D eigenvalue weighted by Gasteiger charge is -2.33. The lowest BCUT2D eigenvalue weighted by Crippen LogP contribution is -2.58. The van der Waals surface area contributed by atoms with E-state index in [4.69, 9.17) is 0 Å². The van der Waals surface area contributed by atoms with E-state index in [1.165, 1.54) is 18.2 Å². The fourth-order valence-electron chi connectivity index (χ4n) is 1.64. The molecular formula is C13H10F8O2. The first kappa shape index (κ1) is 19.3. The molecule has 0 aromatic heterocycles. The average molecular weight is 350 g/mol. The van der Waals surface area contributed by atoms with Crippen LogP contribution in [0.4, 0.5) is 35.1 Å². The van der Waals surface area contributed by atoms with Crippen LogP contribution in [0, 0.1) is 0 Å². The lowest BCUT2D eigenvalue weighted by molar-refractivity contribution is -0.341. The Morgan fingerprint density at radius 3 is 1.91 bits per heavy atom. The summed E-state index contributed by atoms with van der Waals surface area (Å²) in [6.45, 7) is 0. The van der Waals surface area contributed by atoms with E-state index in [1.807, 2.05) is 0 Å². The quantitative estimate of drug-likeness (QED) is 0.600. The first-order valence-electron chi connectivity index (χ1n) is 6.03. The highest BCUT2D eigenvalue weighted by Gasteiger charge is 2.75. The Labute approximate surface area is 124 Å². The summed E-state index contributed by atoms with van der Waals surface area (Å²) in [5.74, 6) is -19.9. The zero-order chi connectivity index (χ0) is 18.1. The summed E-state index contributed by atoms with van der Waals surface area (Å²) in [5, 5.41) is 9.28. The molecule has 0 saturated heterocycles. The smallest absolute Gasteiger partial charge is 0.377 e. The summed E-state index contributed by atoms with van der Waals surface area (Å²) in [5.41, 5.74) is -0.334. The van der Waals surface area contributed by atoms with Gasteiger partial charge in [-0.2, -0.15) is 26.3 Å². The molecule has 0 fully saturated rings. The highest BCUT2D eigenvalue weighted by Crippen LogP contribution is 2.50. The second-order valence-electron chi connectivity index (χ2n) is 4.65. The summed E-state index contributed by atoms with van der Waals surface area (Å²) in [4.78, 5) is 11.6. The molecule has 0 saturated carbocycles. The number of alkyl halides is 8. The largest absolute Gasteiger partial charge is 0.385 e. The van der Waals surface area contributed by atoms with Crippen LogP contribution in [0.1, 0.15) is 16.8 Å². The van der Waals surface area contributed by atoms with Crippen molar-refractivity contribution in [1.29, 1.82) is 0 Å². The first-order valence-corrected chi connectivity index (χ1v) is 6.03. The molecule has 2 nitrogen and oxygen atoms in total. The van der Waals surface area contributed by atoms with E-state index in [2.05, 4.69) is 0 Å². The maximum absolute atomic E-state index is 13.3. The van der Waals surface area contributed by atoms with Gasteiger partial charge in [0.15, 0.2) is 5.78 Å². The summed E-state index contributed by atoms with van der Waals surface area (Å²) >= 11 is 0. The molecule has 1 aromatic carbocycles. The molecule has 0 aliphatic carbocycles. The number of aliphatic hydroxyl groups excluding tert-OH is 1. The molecule has 0 radical (unpaired) electrons. The van der Waals surface area contributed by atoms with Crippen molar-refractivity contribution in [1.82, 2.24) is 0 Å². The molecule has 0 bridgehead atoms. The normalized spacial score (nSPS) is 14.9. The number of hydrogen-bond donors (Lipinski definition) is 1. The van der Waals surface area contributed by atoms with Crippen LogP contribution < -0.4 is 0 Å². The van der Waals surface area contributed by atoms with Crippen LogP contribution in [0.15, 0.2) is 30.3 Å². The van der Waals surface area contributed by atoms with E-state index in [0.29, 0.717) is 0 Å². The third kappa shape index (κ3) is 3.62. The molecular weight excluding hydrogens is 340 g/mol. The van der Waals surface area contributed by atoms with Gasteiger partial charge in [-0.1, -0.05) is 30.3 Å². The Kier molecular flexibility index (Phi) is 5.40. The van der Waals surface area contributed by atoms with E-state index < -0.39 is 42.5 Å². The highest BCUT2D eigenvalue weighted by molar-refractivity contribution is 5.99. The molecule has 1 atom stereocenters. The van der Waals surface area contributed by atoms with Gasteiger partial charge in [0.2, 0.25) is 0 Å². The minimum atomic E-state index is -6.45. The summed E-state index contributed by atoms with van der Waals surface area (Å²) in [6.07, 6.45) is -10.3. The minimum Gasteiger partial charge on any atom is -0.385 e. The van der Waals surface area contributed by atoms with Crippen molar-refractivity contribution in [3.63, 3.8) is 0 Å². The van der Waals surface area contributed by atoms with Crippen LogP contribution >= 0.6 is 0 Å². The molecule has 0 amide bonds. The molecule has 0 aliphatic heterocycles. The Bertz CT molecular complexity index is 544. The van der Waals surface area contributed by atoms with Crippen molar-refractivity contribution in [3.05, 3.63) is 35.9 Å². The molecule has 23 heavy (non-hydrogen) atoms. The monoisotopic (exact) mass is 350 g/mol. The van der Waals surface area contributed by atoms with Gasteiger partial charge in [0.1, 0.15) is 6.10 Å². The van der Waals surface area contributed by atoms with E-state index in [1.54, 1.807) is 0 Å². The second-order valence-corrected chi connectivity index (χ2v) is 4.65. The number of Topliss-reactive ketones (excluding diaryl/α,β-unsaturated/α-hetero) is 1. The molecule has 0 heterocycles. The van der Waals surface area contributed by atoms with E-state index in [0.717, 1.165) is 12.1 Å². The number of ketones is 1. The molecule has 130 valence electrons. The Balaban J connectivity index is 2.99. The van der Waals surface area contributed by atoms with Crippen LogP contribution in [-0.2, 0) is 0 Å². The number of aliphatic hydroxyl groups is 1. The van der Waals surface area contributed by atoms with Crippen LogP contribution in [0.3, 0.4) is 0 Å². The van der Waals surface area contributed by atoms with Gasteiger partial charge in [0.05, 0.1) is 6.42 Å². The molecule has 1 rings (SSSR count). The van der Waals surface area contributed by atoms with Crippen LogP contribution in [0.25, 0.3) is 0 Å². The van der Waals surface area contributed by atoms with Gasteiger partial charge < -0.3 is 5.11 Å². The van der Waals surface area contributed by atoms with Crippen LogP contribution in [0.2, 0.25) is 0 Å². The second kappa shape index (κ2) is 6.42. The van der Waals surface area contributed by atoms with Gasteiger partial charge in [0.25, 0.3) is 0 Å². The topological polar surface area (TPSA) is 37.3 Å². The van der Waals surface area contributed by atoms with Gasteiger partial charge in [-0.15, -0.1) is 0 Å². The van der Waals surface area contributed by atoms with Crippen molar-refractivity contribution in [2.24, 2.45) is 0 Å². The van der Waals surface area contributed by atoms with Gasteiger partial charge in [-0.25, -0.2) is 8.78 Å². The third-order valence-corrected chi connectivity index (χ3v) is 2.96. The van der Waals surface area contributed by atoms with Crippen molar-refractivity contribution in [3.8, 4) is 0 Å². The molecule has 1 aromatic rings. The Morgan fingerprint density at radius 1 is 1.00 bits per heavy atom. The number of carbonyl (C=O) groups excluding carboxylic acids is 1. The highest BCUT2D eigenvalue weighted by atomic mass is 19.4. The molecule has 10 heteroatoms. The predicted octanol–water partition coefficient (Wildman–Crippen LogP) is 3.79. The predicted molar refractivity (Wildman–Crippen MR) is 62.2 cm³/mol. The number of benzene rings is 1. The third-order valence-electron chi connectivity index (χ3n) is 2.96. The molecule has 0 spiro atoms. The van der Waals surface area contributed by atoms with Gasteiger partial charge in [-0.05, 0) is 0 Å². The molecule has 1 N–H and O–H groups in total. The first-order chi connectivity index (χ1) is 10.3. The van der Waals surface area contributed by atoms with E-state index >= 15 is 0 Å². The fourth-order valence-corrected chi connectivity index (χ4v) is 1.64. The van der Waals surface area contributed by atoms with Crippen LogP contribution in [-0.4, -0.2) is 41.2 Å². The zero-order valence-corrected chi connectivity index (χ0v) is 11.1. The lowest BCUT2D eigenvalue weighted by atomic mass is 9.95. The zero-order valence-electron chi connectivity index (χ0n) is 11.1. The summed E-state index contributed by atoms with van der Waals surface area (Å²) in [6, 6.07) is 6.11. The van der Waals surface area contributed by atoms with Gasteiger partial charge in [0, 0.05) is 5.56 Å². The Hall–Kier alpha value is -1.71. The van der Waals surface area contributed by atoms with Crippen LogP contribution in [0.5, 0.6) is 0 Å². The molecule has 1 unspecified atom stereocenters. The van der Waals surface area contributed by atoms with Gasteiger partial charge >= 0.3 is 24.2 Å². The summed E-state index contributed by atoms with van der Waals surface area (Å²) in [7, 11) is 0. The van der Waals surface area contributed by atoms with Crippen molar-refractivity contribution >= 4 is 5.78 Å². The van der Waals surface area contributed by atoms with E-state index in [9.17, 15) is 45.0 Å². The Morgan fingerprint density at radius 2 is 1.48 bits per heavy atom. The molecule has 0 aliphatic rings. The minimum absolute atomic E-state index is 0.334. The van der Waals surface area contributed by atoms with Crippen molar-refractivity contribution in [2.75, 3.05) is 0 Å². The fraction of sp³-hybridized carbons (Fsp3) is 0.462. The van der Waals surface area contributed by atoms with E-state index in [-0.39, 0.29) is 5.56 Å². The number of halogens is 8. The SMILES string of the molecule is O=C(c1ccccc1)C(O)CC(F)(F)C(F)(F)C(F)(F)C(F)F. The average Bonchev–Trinajstić information content (AvgIpc) is 2.46. The maximum Gasteiger partial charge on any atom is 0.377 e. The summed E-state index contributed by atoms with van der Waals surface area (Å²) < 4.78 is 102. The van der Waals surface area contributed by atoms with Crippen molar-refractivity contribution < 1.29 is 45.0 Å². The standard InChI is InChI=1S/C13H10F8O2/c14-10(15)12(18,19)13(20,21)11(16,17)6-8(22)9(23)7-4-2-1-3-5-7/h1-5,8,10,22H,6H2. The maximum atomic E-state index is 13.3. The van der Waals surface area contributed by atoms with Crippen molar-refractivity contribution in [2.45, 2.75) is 36.7 Å². The number of rotatable bonds is 7. The van der Waals surface area contributed by atoms with Gasteiger partial charge in [-0.3, -0.25) is 4.79 Å².